The standard InChI is InChI=1S/C16H22FN7O/c1-12(2)18-16(25)23-8-6-22(7-9-23)11-15-19-20-21-24(15)14-5-3-4-13(17)10-14/h3-5,10,12H,6-9,11H2,1-2H3,(H,18,25). The number of hydrogen-bond donors (Lipinski definition) is 1. The smallest absolute Gasteiger partial charge is 0.317 e. The van der Waals surface area contributed by atoms with Gasteiger partial charge in [-0.15, -0.1) is 5.10 Å². The number of amides is 2. The lowest BCUT2D eigenvalue weighted by Crippen LogP contribution is -2.52. The number of benzene rings is 1. The van der Waals surface area contributed by atoms with Crippen LogP contribution < -0.4 is 5.32 Å². The van der Waals surface area contributed by atoms with Gasteiger partial charge in [-0.1, -0.05) is 6.07 Å². The second-order valence-corrected chi connectivity index (χ2v) is 6.35. The molecule has 2 amide bonds. The molecule has 0 saturated carbocycles. The molecule has 2 aromatic rings. The Labute approximate surface area is 145 Å². The molecule has 0 bridgehead atoms. The summed E-state index contributed by atoms with van der Waals surface area (Å²) in [7, 11) is 0. The monoisotopic (exact) mass is 347 g/mol. The molecule has 0 radical (unpaired) electrons. The van der Waals surface area contributed by atoms with E-state index < -0.39 is 0 Å². The largest absolute Gasteiger partial charge is 0.336 e. The van der Waals surface area contributed by atoms with Gasteiger partial charge in [-0.3, -0.25) is 4.90 Å². The molecular formula is C16H22FN7O. The fourth-order valence-corrected chi connectivity index (χ4v) is 2.76. The molecule has 134 valence electrons. The molecule has 9 heteroatoms. The Balaban J connectivity index is 1.60. The predicted octanol–water partition coefficient (Wildman–Crippen LogP) is 1.04. The zero-order chi connectivity index (χ0) is 17.8. The average molecular weight is 347 g/mol. The Bertz CT molecular complexity index is 725. The molecule has 8 nitrogen and oxygen atoms in total. The van der Waals surface area contributed by atoms with Gasteiger partial charge < -0.3 is 10.2 Å². The zero-order valence-corrected chi connectivity index (χ0v) is 14.4. The van der Waals surface area contributed by atoms with E-state index in [1.54, 1.807) is 16.8 Å². The fourth-order valence-electron chi connectivity index (χ4n) is 2.76. The van der Waals surface area contributed by atoms with Crippen molar-refractivity contribution in [3.05, 3.63) is 35.9 Å². The third-order valence-electron chi connectivity index (χ3n) is 4.02. The van der Waals surface area contributed by atoms with Crippen molar-refractivity contribution in [2.75, 3.05) is 26.2 Å². The summed E-state index contributed by atoms with van der Waals surface area (Å²) in [5, 5.41) is 14.6. The van der Waals surface area contributed by atoms with E-state index in [-0.39, 0.29) is 17.9 Å². The molecule has 25 heavy (non-hydrogen) atoms. The van der Waals surface area contributed by atoms with Crippen LogP contribution in [-0.4, -0.2) is 68.3 Å². The van der Waals surface area contributed by atoms with Crippen molar-refractivity contribution >= 4 is 6.03 Å². The lowest BCUT2D eigenvalue weighted by atomic mass is 10.3. The number of hydrogen-bond acceptors (Lipinski definition) is 5. The van der Waals surface area contributed by atoms with Crippen molar-refractivity contribution in [3.63, 3.8) is 0 Å². The lowest BCUT2D eigenvalue weighted by molar-refractivity contribution is 0.132. The minimum atomic E-state index is -0.330. The summed E-state index contributed by atoms with van der Waals surface area (Å²) < 4.78 is 15.0. The van der Waals surface area contributed by atoms with Crippen LogP contribution in [0, 0.1) is 5.82 Å². The van der Waals surface area contributed by atoms with E-state index in [2.05, 4.69) is 25.7 Å². The summed E-state index contributed by atoms with van der Waals surface area (Å²) in [5.74, 6) is 0.314. The first-order valence-electron chi connectivity index (χ1n) is 8.34. The third-order valence-corrected chi connectivity index (χ3v) is 4.02. The van der Waals surface area contributed by atoms with Crippen LogP contribution >= 0.6 is 0 Å². The van der Waals surface area contributed by atoms with Gasteiger partial charge in [0.2, 0.25) is 0 Å². The Morgan fingerprint density at radius 1 is 1.28 bits per heavy atom. The van der Waals surface area contributed by atoms with Crippen LogP contribution in [0.3, 0.4) is 0 Å². The lowest BCUT2D eigenvalue weighted by Gasteiger charge is -2.34. The first kappa shape index (κ1) is 17.3. The van der Waals surface area contributed by atoms with Gasteiger partial charge in [0.15, 0.2) is 5.82 Å². The van der Waals surface area contributed by atoms with Crippen LogP contribution in [-0.2, 0) is 6.54 Å². The topological polar surface area (TPSA) is 79.2 Å². The van der Waals surface area contributed by atoms with Crippen LogP contribution in [0.15, 0.2) is 24.3 Å². The van der Waals surface area contributed by atoms with Gasteiger partial charge in [-0.25, -0.2) is 9.18 Å². The van der Waals surface area contributed by atoms with E-state index in [0.717, 1.165) is 13.1 Å². The maximum absolute atomic E-state index is 13.4. The number of carbonyl (C=O) groups excluding carboxylic acids is 1. The molecule has 0 unspecified atom stereocenters. The molecule has 0 aliphatic carbocycles. The van der Waals surface area contributed by atoms with Crippen molar-refractivity contribution < 1.29 is 9.18 Å². The third kappa shape index (κ3) is 4.30. The molecule has 0 spiro atoms. The normalized spacial score (nSPS) is 15.6. The zero-order valence-electron chi connectivity index (χ0n) is 14.4. The molecule has 1 fully saturated rings. The van der Waals surface area contributed by atoms with Crippen LogP contribution in [0.25, 0.3) is 5.69 Å². The summed E-state index contributed by atoms with van der Waals surface area (Å²) in [6, 6.07) is 6.27. The van der Waals surface area contributed by atoms with E-state index in [1.807, 2.05) is 18.7 Å². The van der Waals surface area contributed by atoms with Crippen molar-refractivity contribution in [2.45, 2.75) is 26.4 Å². The number of nitrogens with one attached hydrogen (secondary N) is 1. The molecule has 1 aromatic carbocycles. The van der Waals surface area contributed by atoms with E-state index in [0.29, 0.717) is 31.1 Å². The molecule has 1 N–H and O–H groups in total. The second kappa shape index (κ2) is 7.56. The first-order chi connectivity index (χ1) is 12.0. The quantitative estimate of drug-likeness (QED) is 0.894. The van der Waals surface area contributed by atoms with Crippen LogP contribution in [0.1, 0.15) is 19.7 Å². The van der Waals surface area contributed by atoms with Crippen LogP contribution in [0.5, 0.6) is 0 Å². The number of carbonyl (C=O) groups is 1. The van der Waals surface area contributed by atoms with Gasteiger partial charge in [0.05, 0.1) is 12.2 Å². The van der Waals surface area contributed by atoms with Gasteiger partial charge in [0, 0.05) is 32.2 Å². The highest BCUT2D eigenvalue weighted by Crippen LogP contribution is 2.12. The summed E-state index contributed by atoms with van der Waals surface area (Å²) in [6.45, 7) is 7.22. The summed E-state index contributed by atoms with van der Waals surface area (Å²) in [5.41, 5.74) is 0.593. The van der Waals surface area contributed by atoms with Gasteiger partial charge in [0.25, 0.3) is 0 Å². The highest BCUT2D eigenvalue weighted by molar-refractivity contribution is 5.74. The Morgan fingerprint density at radius 2 is 2.04 bits per heavy atom. The second-order valence-electron chi connectivity index (χ2n) is 6.35. The van der Waals surface area contributed by atoms with Crippen LogP contribution in [0.2, 0.25) is 0 Å². The van der Waals surface area contributed by atoms with Gasteiger partial charge in [-0.05, 0) is 42.5 Å². The van der Waals surface area contributed by atoms with Gasteiger partial charge in [0.1, 0.15) is 5.82 Å². The summed E-state index contributed by atoms with van der Waals surface area (Å²) >= 11 is 0. The Hall–Kier alpha value is -2.55. The van der Waals surface area contributed by atoms with E-state index >= 15 is 0 Å². The molecule has 2 heterocycles. The number of halogens is 1. The minimum absolute atomic E-state index is 0.0285. The molecule has 0 atom stereocenters. The van der Waals surface area contributed by atoms with E-state index in [4.69, 9.17) is 0 Å². The van der Waals surface area contributed by atoms with Gasteiger partial charge >= 0.3 is 6.03 Å². The average Bonchev–Trinajstić information content (AvgIpc) is 3.03. The Kier molecular flexibility index (Phi) is 5.22. The first-order valence-corrected chi connectivity index (χ1v) is 8.34. The fraction of sp³-hybridized carbons (Fsp3) is 0.500. The highest BCUT2D eigenvalue weighted by Gasteiger charge is 2.23. The number of urea groups is 1. The number of tetrazole rings is 1. The summed E-state index contributed by atoms with van der Waals surface area (Å²) in [4.78, 5) is 16.0. The minimum Gasteiger partial charge on any atom is -0.336 e. The van der Waals surface area contributed by atoms with Crippen LogP contribution in [0.4, 0.5) is 9.18 Å². The molecular weight excluding hydrogens is 325 g/mol. The number of rotatable bonds is 4. The van der Waals surface area contributed by atoms with Crippen molar-refractivity contribution in [2.24, 2.45) is 0 Å². The molecule has 1 aliphatic heterocycles. The molecule has 1 saturated heterocycles. The predicted molar refractivity (Wildman–Crippen MR) is 89.6 cm³/mol. The molecule has 1 aromatic heterocycles. The number of aromatic nitrogens is 4. The SMILES string of the molecule is CC(C)NC(=O)N1CCN(Cc2nnnn2-c2cccc(F)c2)CC1. The summed E-state index contributed by atoms with van der Waals surface area (Å²) in [6.07, 6.45) is 0. The van der Waals surface area contributed by atoms with E-state index in [9.17, 15) is 9.18 Å². The maximum atomic E-state index is 13.4. The Morgan fingerprint density at radius 3 is 2.72 bits per heavy atom. The molecule has 3 rings (SSSR count). The van der Waals surface area contributed by atoms with E-state index in [1.165, 1.54) is 12.1 Å². The van der Waals surface area contributed by atoms with Gasteiger partial charge in [-0.2, -0.15) is 4.68 Å². The number of piperazine rings is 1. The van der Waals surface area contributed by atoms with Crippen molar-refractivity contribution in [3.8, 4) is 5.69 Å². The number of nitrogens with zero attached hydrogens (tertiary/aromatic N) is 6. The van der Waals surface area contributed by atoms with Crippen molar-refractivity contribution in [1.82, 2.24) is 35.3 Å². The maximum Gasteiger partial charge on any atom is 0.317 e. The molecule has 1 aliphatic rings. The highest BCUT2D eigenvalue weighted by atomic mass is 19.1. The van der Waals surface area contributed by atoms with Crippen molar-refractivity contribution in [1.29, 1.82) is 0 Å².